The van der Waals surface area contributed by atoms with E-state index in [0.717, 1.165) is 0 Å². The Morgan fingerprint density at radius 2 is 1.82 bits per heavy atom. The van der Waals surface area contributed by atoms with Crippen molar-refractivity contribution in [3.05, 3.63) is 30.1 Å². The van der Waals surface area contributed by atoms with Crippen molar-refractivity contribution in [1.82, 2.24) is 0 Å². The van der Waals surface area contributed by atoms with Crippen molar-refractivity contribution in [3.63, 3.8) is 0 Å². The van der Waals surface area contributed by atoms with Crippen molar-refractivity contribution in [1.29, 1.82) is 0 Å². The van der Waals surface area contributed by atoms with Crippen molar-refractivity contribution >= 4 is 11.9 Å². The largest absolute Gasteiger partial charge is 0.455 e. The van der Waals surface area contributed by atoms with Crippen molar-refractivity contribution in [2.45, 2.75) is 32.9 Å². The summed E-state index contributed by atoms with van der Waals surface area (Å²) in [7, 11) is 0. The Morgan fingerprint density at radius 3 is 2.24 bits per heavy atom. The molecular weight excluding hydrogens is 220 g/mol. The molecule has 0 aliphatic heterocycles. The van der Waals surface area contributed by atoms with Crippen LogP contribution in [0.15, 0.2) is 24.5 Å². The molecule has 0 aromatic carbocycles. The van der Waals surface area contributed by atoms with Gasteiger partial charge in [0.15, 0.2) is 12.4 Å². The molecule has 1 aromatic heterocycles. The second kappa shape index (κ2) is 4.95. The SMILES string of the molecule is CC(C)(C)OC(=O)C[n+]1ccc(C(N)=O)cc1. The van der Waals surface area contributed by atoms with Crippen LogP contribution in [0.2, 0.25) is 0 Å². The third-order valence-corrected chi connectivity index (χ3v) is 1.91. The van der Waals surface area contributed by atoms with E-state index in [1.807, 2.05) is 20.8 Å². The first-order valence-electron chi connectivity index (χ1n) is 5.29. The van der Waals surface area contributed by atoms with Crippen molar-refractivity contribution in [2.75, 3.05) is 0 Å². The van der Waals surface area contributed by atoms with E-state index in [9.17, 15) is 9.59 Å². The number of hydrogen-bond acceptors (Lipinski definition) is 3. The van der Waals surface area contributed by atoms with E-state index in [2.05, 4.69) is 0 Å². The number of hydrogen-bond donors (Lipinski definition) is 1. The number of carbonyl (C=O) groups is 2. The minimum absolute atomic E-state index is 0.107. The Balaban J connectivity index is 2.64. The summed E-state index contributed by atoms with van der Waals surface area (Å²) in [6, 6.07) is 3.12. The molecule has 0 aliphatic rings. The number of aromatic nitrogens is 1. The lowest BCUT2D eigenvalue weighted by molar-refractivity contribution is -0.686. The standard InChI is InChI=1S/C12H16N2O3/c1-12(2,3)17-10(15)8-14-6-4-9(5-7-14)11(13)16/h4-7H,8H2,1-3H3,(H-,13,16)/p+1. The van der Waals surface area contributed by atoms with Gasteiger partial charge >= 0.3 is 5.97 Å². The average Bonchev–Trinajstić information content (AvgIpc) is 2.15. The molecule has 0 saturated carbocycles. The van der Waals surface area contributed by atoms with Crippen LogP contribution in [0.3, 0.4) is 0 Å². The molecule has 1 amide bonds. The molecule has 0 radical (unpaired) electrons. The van der Waals surface area contributed by atoms with E-state index in [1.54, 1.807) is 29.1 Å². The molecule has 5 heteroatoms. The first kappa shape index (κ1) is 13.2. The number of primary amides is 1. The molecule has 0 saturated heterocycles. The topological polar surface area (TPSA) is 73.3 Å². The molecule has 2 N–H and O–H groups in total. The van der Waals surface area contributed by atoms with Gasteiger partial charge in [0.1, 0.15) is 5.60 Å². The molecule has 0 aliphatic carbocycles. The summed E-state index contributed by atoms with van der Waals surface area (Å²) in [5, 5.41) is 0. The zero-order valence-electron chi connectivity index (χ0n) is 10.3. The number of rotatable bonds is 3. The third-order valence-electron chi connectivity index (χ3n) is 1.91. The Morgan fingerprint density at radius 1 is 1.29 bits per heavy atom. The summed E-state index contributed by atoms with van der Waals surface area (Å²) in [5.74, 6) is -0.816. The molecule has 92 valence electrons. The fourth-order valence-electron chi connectivity index (χ4n) is 1.25. The number of carbonyl (C=O) groups excluding carboxylic acids is 2. The molecule has 0 atom stereocenters. The summed E-state index contributed by atoms with van der Waals surface area (Å²) in [5.41, 5.74) is 5.02. The lowest BCUT2D eigenvalue weighted by Gasteiger charge is -2.18. The second-order valence-electron chi connectivity index (χ2n) is 4.71. The predicted molar refractivity (Wildman–Crippen MR) is 61.0 cm³/mol. The molecular formula is C12H17N2O3+. The zero-order chi connectivity index (χ0) is 13.1. The third kappa shape index (κ3) is 4.63. The Labute approximate surface area is 100 Å². The van der Waals surface area contributed by atoms with Gasteiger partial charge in [-0.15, -0.1) is 0 Å². The highest BCUT2D eigenvalue weighted by molar-refractivity contribution is 5.92. The molecule has 17 heavy (non-hydrogen) atoms. The van der Waals surface area contributed by atoms with Gasteiger partial charge in [-0.1, -0.05) is 0 Å². The number of esters is 1. The van der Waals surface area contributed by atoms with Crippen LogP contribution >= 0.6 is 0 Å². The first-order chi connectivity index (χ1) is 7.78. The number of amides is 1. The highest BCUT2D eigenvalue weighted by Crippen LogP contribution is 2.06. The van der Waals surface area contributed by atoms with E-state index >= 15 is 0 Å². The lowest BCUT2D eigenvalue weighted by Crippen LogP contribution is -2.40. The second-order valence-corrected chi connectivity index (χ2v) is 4.71. The van der Waals surface area contributed by atoms with Gasteiger partial charge in [0.25, 0.3) is 0 Å². The fraction of sp³-hybridized carbons (Fsp3) is 0.417. The van der Waals surface area contributed by atoms with Gasteiger partial charge in [0.05, 0.1) is 5.56 Å². The van der Waals surface area contributed by atoms with Gasteiger partial charge in [-0.3, -0.25) is 4.79 Å². The van der Waals surface area contributed by atoms with Gasteiger partial charge in [0.2, 0.25) is 12.5 Å². The maximum atomic E-state index is 11.5. The molecule has 0 bridgehead atoms. The predicted octanol–water partition coefficient (Wildman–Crippen LogP) is 0.415. The quantitative estimate of drug-likeness (QED) is 0.611. The molecule has 1 rings (SSSR count). The molecule has 0 fully saturated rings. The summed E-state index contributed by atoms with van der Waals surface area (Å²) in [6.07, 6.45) is 3.23. The monoisotopic (exact) mass is 237 g/mol. The summed E-state index contributed by atoms with van der Waals surface area (Å²) in [4.78, 5) is 22.4. The number of nitrogens with two attached hydrogens (primary N) is 1. The Kier molecular flexibility index (Phi) is 3.83. The smallest absolute Gasteiger partial charge is 0.373 e. The Hall–Kier alpha value is -1.91. The van der Waals surface area contributed by atoms with Crippen LogP contribution in [-0.4, -0.2) is 17.5 Å². The van der Waals surface area contributed by atoms with Crippen LogP contribution in [0.1, 0.15) is 31.1 Å². The maximum absolute atomic E-state index is 11.5. The minimum Gasteiger partial charge on any atom is -0.455 e. The number of nitrogens with zero attached hydrogens (tertiary/aromatic N) is 1. The van der Waals surface area contributed by atoms with E-state index < -0.39 is 11.5 Å². The van der Waals surface area contributed by atoms with E-state index in [0.29, 0.717) is 5.56 Å². The van der Waals surface area contributed by atoms with E-state index in [1.165, 1.54) is 0 Å². The van der Waals surface area contributed by atoms with Gasteiger partial charge in [-0.2, -0.15) is 4.57 Å². The minimum atomic E-state index is -0.495. The molecule has 1 heterocycles. The van der Waals surface area contributed by atoms with Crippen LogP contribution in [0, 0.1) is 0 Å². The van der Waals surface area contributed by atoms with Gasteiger partial charge in [-0.05, 0) is 20.8 Å². The van der Waals surface area contributed by atoms with Gasteiger partial charge in [0, 0.05) is 12.1 Å². The van der Waals surface area contributed by atoms with Crippen LogP contribution in [0.4, 0.5) is 0 Å². The zero-order valence-corrected chi connectivity index (χ0v) is 10.3. The van der Waals surface area contributed by atoms with Crippen LogP contribution in [0.25, 0.3) is 0 Å². The average molecular weight is 237 g/mol. The molecule has 0 spiro atoms. The Bertz CT molecular complexity index is 418. The van der Waals surface area contributed by atoms with E-state index in [-0.39, 0.29) is 12.5 Å². The summed E-state index contributed by atoms with van der Waals surface area (Å²) >= 11 is 0. The van der Waals surface area contributed by atoms with Gasteiger partial charge in [-0.25, -0.2) is 4.79 Å². The van der Waals surface area contributed by atoms with Crippen LogP contribution in [0.5, 0.6) is 0 Å². The molecule has 1 aromatic rings. The summed E-state index contributed by atoms with van der Waals surface area (Å²) < 4.78 is 6.79. The molecule has 0 unspecified atom stereocenters. The van der Waals surface area contributed by atoms with Gasteiger partial charge < -0.3 is 10.5 Å². The van der Waals surface area contributed by atoms with Crippen molar-refractivity contribution in [3.8, 4) is 0 Å². The van der Waals surface area contributed by atoms with Crippen LogP contribution < -0.4 is 10.3 Å². The maximum Gasteiger partial charge on any atom is 0.373 e. The highest BCUT2D eigenvalue weighted by Gasteiger charge is 2.19. The lowest BCUT2D eigenvalue weighted by atomic mass is 10.2. The highest BCUT2D eigenvalue weighted by atomic mass is 16.6. The van der Waals surface area contributed by atoms with Crippen LogP contribution in [-0.2, 0) is 16.1 Å². The molecule has 5 nitrogen and oxygen atoms in total. The van der Waals surface area contributed by atoms with Crippen molar-refractivity contribution in [2.24, 2.45) is 5.73 Å². The normalized spacial score (nSPS) is 11.0. The fourth-order valence-corrected chi connectivity index (χ4v) is 1.25. The first-order valence-corrected chi connectivity index (χ1v) is 5.29. The number of pyridine rings is 1. The number of ether oxygens (including phenoxy) is 1. The van der Waals surface area contributed by atoms with E-state index in [4.69, 9.17) is 10.5 Å². The van der Waals surface area contributed by atoms with Crippen molar-refractivity contribution < 1.29 is 18.9 Å². The summed E-state index contributed by atoms with van der Waals surface area (Å²) in [6.45, 7) is 5.54.